The lowest BCUT2D eigenvalue weighted by Gasteiger charge is -2.33. The Labute approximate surface area is 70.6 Å². The van der Waals surface area contributed by atoms with Crippen molar-refractivity contribution in [3.8, 4) is 0 Å². The lowest BCUT2D eigenvalue weighted by Crippen LogP contribution is -2.44. The molecule has 0 atom stereocenters. The molecule has 0 unspecified atom stereocenters. The Morgan fingerprint density at radius 1 is 1.36 bits per heavy atom. The molecule has 0 aliphatic carbocycles. The van der Waals surface area contributed by atoms with Crippen LogP contribution in [-0.2, 0) is 4.84 Å². The third-order valence-electron chi connectivity index (χ3n) is 1.73. The highest BCUT2D eigenvalue weighted by molar-refractivity contribution is 6.24. The summed E-state index contributed by atoms with van der Waals surface area (Å²) >= 11 is 5.84. The molecule has 0 aliphatic heterocycles. The van der Waals surface area contributed by atoms with E-state index in [1.165, 1.54) is 0 Å². The highest BCUT2D eigenvalue weighted by Gasteiger charge is 2.38. The maximum Gasteiger partial charge on any atom is 0.295 e. The summed E-state index contributed by atoms with van der Waals surface area (Å²) < 4.78 is 0. The molecule has 0 radical (unpaired) electrons. The van der Waals surface area contributed by atoms with Gasteiger partial charge in [-0.25, -0.2) is 0 Å². The van der Waals surface area contributed by atoms with Gasteiger partial charge in [0.2, 0.25) is 0 Å². The standard InChI is InChI=1S/C6H12ClNO3/c1-5(2,7)6(3,4)11-8(9)10/h1-4H3. The molecule has 4 nitrogen and oxygen atoms in total. The van der Waals surface area contributed by atoms with E-state index in [9.17, 15) is 10.1 Å². The Morgan fingerprint density at radius 3 is 1.82 bits per heavy atom. The van der Waals surface area contributed by atoms with Crippen molar-refractivity contribution in [3.05, 3.63) is 10.1 Å². The number of nitrogens with zero attached hydrogens (tertiary/aromatic N) is 1. The highest BCUT2D eigenvalue weighted by Crippen LogP contribution is 2.31. The van der Waals surface area contributed by atoms with Crippen LogP contribution in [-0.4, -0.2) is 15.6 Å². The van der Waals surface area contributed by atoms with E-state index in [1.807, 2.05) is 0 Å². The van der Waals surface area contributed by atoms with Crippen molar-refractivity contribution in [1.82, 2.24) is 0 Å². The minimum absolute atomic E-state index is 0.764. The number of halogens is 1. The third-order valence-corrected chi connectivity index (χ3v) is 2.19. The monoisotopic (exact) mass is 181 g/mol. The van der Waals surface area contributed by atoms with E-state index < -0.39 is 15.6 Å². The van der Waals surface area contributed by atoms with E-state index in [0.29, 0.717) is 0 Å². The van der Waals surface area contributed by atoms with Crippen molar-refractivity contribution in [2.24, 2.45) is 0 Å². The van der Waals surface area contributed by atoms with Crippen LogP contribution in [0.1, 0.15) is 27.7 Å². The summed E-state index contributed by atoms with van der Waals surface area (Å²) in [5.41, 5.74) is -0.974. The summed E-state index contributed by atoms with van der Waals surface area (Å²) in [6.45, 7) is 6.47. The van der Waals surface area contributed by atoms with Gasteiger partial charge in [0, 0.05) is 0 Å². The van der Waals surface area contributed by atoms with Gasteiger partial charge in [0.05, 0.1) is 4.87 Å². The predicted octanol–water partition coefficient (Wildman–Crippen LogP) is 1.99. The summed E-state index contributed by atoms with van der Waals surface area (Å²) in [5.74, 6) is 0. The lowest BCUT2D eigenvalue weighted by molar-refractivity contribution is -0.780. The first kappa shape index (κ1) is 10.5. The summed E-state index contributed by atoms with van der Waals surface area (Å²) in [7, 11) is 0. The smallest absolute Gasteiger partial charge is 0.295 e. The van der Waals surface area contributed by atoms with E-state index in [1.54, 1.807) is 27.7 Å². The molecule has 0 saturated carbocycles. The van der Waals surface area contributed by atoms with Gasteiger partial charge in [-0.3, -0.25) is 0 Å². The van der Waals surface area contributed by atoms with Crippen LogP contribution in [0.15, 0.2) is 0 Å². The summed E-state index contributed by atoms with van der Waals surface area (Å²) in [6.07, 6.45) is 0. The van der Waals surface area contributed by atoms with E-state index in [2.05, 4.69) is 4.84 Å². The summed E-state index contributed by atoms with van der Waals surface area (Å²) in [6, 6.07) is 0. The number of alkyl halides is 1. The van der Waals surface area contributed by atoms with Crippen molar-refractivity contribution in [3.63, 3.8) is 0 Å². The van der Waals surface area contributed by atoms with Crippen LogP contribution in [0.2, 0.25) is 0 Å². The SMILES string of the molecule is CC(C)(Cl)C(C)(C)O[N+](=O)[O-]. The van der Waals surface area contributed by atoms with Gasteiger partial charge in [0.1, 0.15) is 5.60 Å². The maximum absolute atomic E-state index is 9.99. The van der Waals surface area contributed by atoms with Gasteiger partial charge in [-0.2, -0.15) is 0 Å². The number of rotatable bonds is 3. The molecule has 66 valence electrons. The average Bonchev–Trinajstić information content (AvgIpc) is 1.56. The van der Waals surface area contributed by atoms with E-state index >= 15 is 0 Å². The fourth-order valence-electron chi connectivity index (χ4n) is 0.295. The van der Waals surface area contributed by atoms with Crippen LogP contribution in [0.4, 0.5) is 0 Å². The van der Waals surface area contributed by atoms with Gasteiger partial charge in [-0.05, 0) is 27.7 Å². The Kier molecular flexibility index (Phi) is 2.72. The lowest BCUT2D eigenvalue weighted by atomic mass is 9.94. The molecule has 0 rings (SSSR count). The first-order valence-corrected chi connectivity index (χ1v) is 3.57. The molecular formula is C6H12ClNO3. The van der Waals surface area contributed by atoms with Gasteiger partial charge in [-0.15, -0.1) is 21.7 Å². The molecule has 0 fully saturated rings. The Morgan fingerprint density at radius 2 is 1.73 bits per heavy atom. The molecule has 0 aliphatic rings. The van der Waals surface area contributed by atoms with Crippen molar-refractivity contribution in [2.75, 3.05) is 0 Å². The van der Waals surface area contributed by atoms with Crippen LogP contribution >= 0.6 is 11.6 Å². The highest BCUT2D eigenvalue weighted by atomic mass is 35.5. The van der Waals surface area contributed by atoms with Crippen molar-refractivity contribution in [1.29, 1.82) is 0 Å². The first-order valence-electron chi connectivity index (χ1n) is 3.19. The zero-order valence-corrected chi connectivity index (χ0v) is 7.81. The van der Waals surface area contributed by atoms with Crippen molar-refractivity contribution in [2.45, 2.75) is 38.2 Å². The molecule has 0 saturated heterocycles. The van der Waals surface area contributed by atoms with Gasteiger partial charge in [0.15, 0.2) is 0 Å². The second-order valence-corrected chi connectivity index (χ2v) is 4.24. The maximum atomic E-state index is 9.99. The van der Waals surface area contributed by atoms with Crippen LogP contribution < -0.4 is 0 Å². The van der Waals surface area contributed by atoms with Gasteiger partial charge in [-0.1, -0.05) is 0 Å². The zero-order chi connectivity index (χ0) is 9.28. The van der Waals surface area contributed by atoms with Crippen molar-refractivity contribution >= 4 is 11.6 Å². The topological polar surface area (TPSA) is 52.4 Å². The van der Waals surface area contributed by atoms with Crippen LogP contribution in [0.5, 0.6) is 0 Å². The fraction of sp³-hybridized carbons (Fsp3) is 1.00. The molecule has 0 amide bonds. The fourth-order valence-corrected chi connectivity index (χ4v) is 0.329. The quantitative estimate of drug-likeness (QED) is 0.380. The van der Waals surface area contributed by atoms with Gasteiger partial charge in [0.25, 0.3) is 5.09 Å². The van der Waals surface area contributed by atoms with Gasteiger partial charge >= 0.3 is 0 Å². The van der Waals surface area contributed by atoms with E-state index in [4.69, 9.17) is 11.6 Å². The largest absolute Gasteiger partial charge is 0.306 e. The molecule has 0 aromatic rings. The minimum Gasteiger partial charge on any atom is -0.306 e. The molecule has 11 heavy (non-hydrogen) atoms. The minimum atomic E-state index is -0.974. The molecule has 0 bridgehead atoms. The summed E-state index contributed by atoms with van der Waals surface area (Å²) in [4.78, 5) is 13.6. The van der Waals surface area contributed by atoms with Crippen LogP contribution in [0.3, 0.4) is 0 Å². The third kappa shape index (κ3) is 2.93. The molecule has 0 aromatic heterocycles. The summed E-state index contributed by atoms with van der Waals surface area (Å²) in [5, 5.41) is 9.16. The van der Waals surface area contributed by atoms with E-state index in [-0.39, 0.29) is 0 Å². The molecule has 0 heterocycles. The van der Waals surface area contributed by atoms with Crippen LogP contribution in [0.25, 0.3) is 0 Å². The Balaban J connectivity index is 4.34. The van der Waals surface area contributed by atoms with E-state index in [0.717, 1.165) is 0 Å². The Hall–Kier alpha value is -0.510. The number of hydrogen-bond donors (Lipinski definition) is 0. The van der Waals surface area contributed by atoms with Crippen LogP contribution in [0, 0.1) is 10.1 Å². The molecular weight excluding hydrogens is 170 g/mol. The predicted molar refractivity (Wildman–Crippen MR) is 42.1 cm³/mol. The first-order chi connectivity index (χ1) is 4.67. The van der Waals surface area contributed by atoms with Gasteiger partial charge < -0.3 is 4.84 Å². The average molecular weight is 182 g/mol. The second kappa shape index (κ2) is 2.85. The second-order valence-electron chi connectivity index (χ2n) is 3.30. The van der Waals surface area contributed by atoms with Crippen molar-refractivity contribution < 1.29 is 9.92 Å². The zero-order valence-electron chi connectivity index (χ0n) is 7.05. The molecule has 5 heteroatoms. The Bertz CT molecular complexity index is 162. The molecule has 0 spiro atoms. The number of hydrogen-bond acceptors (Lipinski definition) is 3. The molecule has 0 N–H and O–H groups in total. The molecule has 0 aromatic carbocycles. The normalized spacial score (nSPS) is 12.8.